The molecule has 0 amide bonds. The van der Waals surface area contributed by atoms with E-state index >= 15 is 0 Å². The van der Waals surface area contributed by atoms with Crippen LogP contribution in [0.4, 0.5) is 0 Å². The highest BCUT2D eigenvalue weighted by atomic mass is 15.3. The standard InChI is InChI=1S/C10H20N2/c1-10(2)8-11-6-7-12(10)9-4-3-5-9/h9,11H,3-8H2,1-2H3. The van der Waals surface area contributed by atoms with E-state index in [1.165, 1.54) is 32.4 Å². The third-order valence-corrected chi connectivity index (χ3v) is 3.38. The quantitative estimate of drug-likeness (QED) is 0.633. The Morgan fingerprint density at radius 1 is 1.33 bits per heavy atom. The molecule has 0 atom stereocenters. The maximum atomic E-state index is 3.47. The van der Waals surface area contributed by atoms with Crippen LogP contribution in [0.2, 0.25) is 0 Å². The first-order valence-electron chi connectivity index (χ1n) is 5.18. The molecular formula is C10H20N2. The summed E-state index contributed by atoms with van der Waals surface area (Å²) in [4.78, 5) is 2.70. The van der Waals surface area contributed by atoms with E-state index in [9.17, 15) is 0 Å². The maximum absolute atomic E-state index is 3.47. The van der Waals surface area contributed by atoms with Gasteiger partial charge in [0.05, 0.1) is 0 Å². The smallest absolute Gasteiger partial charge is 0.0281 e. The van der Waals surface area contributed by atoms with E-state index in [4.69, 9.17) is 0 Å². The molecule has 0 radical (unpaired) electrons. The molecule has 0 aromatic rings. The van der Waals surface area contributed by atoms with Crippen LogP contribution in [0.3, 0.4) is 0 Å². The second kappa shape index (κ2) is 3.00. The molecule has 2 heteroatoms. The zero-order valence-corrected chi connectivity index (χ0v) is 8.27. The Balaban J connectivity index is 2.00. The van der Waals surface area contributed by atoms with Gasteiger partial charge in [-0.25, -0.2) is 0 Å². The average molecular weight is 168 g/mol. The van der Waals surface area contributed by atoms with Gasteiger partial charge in [-0.3, -0.25) is 4.90 Å². The van der Waals surface area contributed by atoms with Crippen LogP contribution in [0.25, 0.3) is 0 Å². The highest BCUT2D eigenvalue weighted by Crippen LogP contribution is 2.30. The molecule has 2 rings (SSSR count). The molecule has 12 heavy (non-hydrogen) atoms. The van der Waals surface area contributed by atoms with E-state index in [-0.39, 0.29) is 0 Å². The van der Waals surface area contributed by atoms with Gasteiger partial charge in [0.2, 0.25) is 0 Å². The lowest BCUT2D eigenvalue weighted by Crippen LogP contribution is -2.62. The van der Waals surface area contributed by atoms with Crippen molar-refractivity contribution in [2.45, 2.75) is 44.7 Å². The third kappa shape index (κ3) is 1.38. The SMILES string of the molecule is CC1(C)CNCCN1C1CCC1. The van der Waals surface area contributed by atoms with E-state index in [1.54, 1.807) is 0 Å². The minimum absolute atomic E-state index is 0.392. The van der Waals surface area contributed by atoms with Gasteiger partial charge in [-0.05, 0) is 26.7 Å². The first kappa shape index (κ1) is 8.52. The van der Waals surface area contributed by atoms with Gasteiger partial charge >= 0.3 is 0 Å². The fraction of sp³-hybridized carbons (Fsp3) is 1.00. The minimum atomic E-state index is 0.392. The number of piperazine rings is 1. The number of rotatable bonds is 1. The Morgan fingerprint density at radius 3 is 2.58 bits per heavy atom. The molecule has 1 aliphatic heterocycles. The zero-order valence-electron chi connectivity index (χ0n) is 8.27. The van der Waals surface area contributed by atoms with Crippen molar-refractivity contribution >= 4 is 0 Å². The summed E-state index contributed by atoms with van der Waals surface area (Å²) < 4.78 is 0. The van der Waals surface area contributed by atoms with Gasteiger partial charge in [-0.1, -0.05) is 6.42 Å². The number of nitrogens with one attached hydrogen (secondary N) is 1. The predicted octanol–water partition coefficient (Wildman–Crippen LogP) is 1.22. The van der Waals surface area contributed by atoms with Crippen molar-refractivity contribution in [3.63, 3.8) is 0 Å². The summed E-state index contributed by atoms with van der Waals surface area (Å²) in [7, 11) is 0. The molecule has 0 aromatic carbocycles. The van der Waals surface area contributed by atoms with Crippen LogP contribution in [-0.2, 0) is 0 Å². The van der Waals surface area contributed by atoms with Gasteiger partial charge < -0.3 is 5.32 Å². The molecule has 1 heterocycles. The van der Waals surface area contributed by atoms with E-state index < -0.39 is 0 Å². The summed E-state index contributed by atoms with van der Waals surface area (Å²) in [6.45, 7) is 8.30. The Morgan fingerprint density at radius 2 is 2.08 bits per heavy atom. The first-order chi connectivity index (χ1) is 5.70. The number of hydrogen-bond donors (Lipinski definition) is 1. The van der Waals surface area contributed by atoms with Gasteiger partial charge in [0.1, 0.15) is 0 Å². The molecule has 70 valence electrons. The number of hydrogen-bond acceptors (Lipinski definition) is 2. The van der Waals surface area contributed by atoms with Crippen LogP contribution in [0.5, 0.6) is 0 Å². The summed E-state index contributed by atoms with van der Waals surface area (Å²) in [5.74, 6) is 0. The van der Waals surface area contributed by atoms with E-state index in [0.717, 1.165) is 12.6 Å². The van der Waals surface area contributed by atoms with Crippen LogP contribution in [0.1, 0.15) is 33.1 Å². The highest BCUT2D eigenvalue weighted by molar-refractivity contribution is 4.94. The van der Waals surface area contributed by atoms with Gasteiger partial charge in [0, 0.05) is 31.2 Å². The largest absolute Gasteiger partial charge is 0.314 e. The predicted molar refractivity (Wildman–Crippen MR) is 51.3 cm³/mol. The Kier molecular flexibility index (Phi) is 2.13. The second-order valence-corrected chi connectivity index (χ2v) is 4.77. The Bertz CT molecular complexity index is 161. The van der Waals surface area contributed by atoms with E-state index in [1.807, 2.05) is 0 Å². The summed E-state index contributed by atoms with van der Waals surface area (Å²) in [6, 6.07) is 0.905. The van der Waals surface area contributed by atoms with Gasteiger partial charge in [-0.2, -0.15) is 0 Å². The first-order valence-corrected chi connectivity index (χ1v) is 5.18. The second-order valence-electron chi connectivity index (χ2n) is 4.77. The maximum Gasteiger partial charge on any atom is 0.0281 e. The summed E-state index contributed by atoms with van der Waals surface area (Å²) in [5, 5.41) is 3.47. The average Bonchev–Trinajstić information content (AvgIpc) is 1.89. The molecule has 1 saturated carbocycles. The Labute approximate surface area is 75.3 Å². The van der Waals surface area contributed by atoms with Crippen LogP contribution >= 0.6 is 0 Å². The van der Waals surface area contributed by atoms with Gasteiger partial charge in [0.25, 0.3) is 0 Å². The van der Waals surface area contributed by atoms with Crippen LogP contribution in [0, 0.1) is 0 Å². The molecular weight excluding hydrogens is 148 g/mol. The van der Waals surface area contributed by atoms with Crippen molar-refractivity contribution in [2.75, 3.05) is 19.6 Å². The van der Waals surface area contributed by atoms with Crippen LogP contribution in [-0.4, -0.2) is 36.1 Å². The van der Waals surface area contributed by atoms with Crippen LogP contribution in [0.15, 0.2) is 0 Å². The van der Waals surface area contributed by atoms with Crippen molar-refractivity contribution in [2.24, 2.45) is 0 Å². The topological polar surface area (TPSA) is 15.3 Å². The molecule has 0 aromatic heterocycles. The number of nitrogens with zero attached hydrogens (tertiary/aromatic N) is 1. The molecule has 2 nitrogen and oxygen atoms in total. The molecule has 2 aliphatic rings. The Hall–Kier alpha value is -0.0800. The van der Waals surface area contributed by atoms with E-state index in [0.29, 0.717) is 5.54 Å². The lowest BCUT2D eigenvalue weighted by Gasteiger charge is -2.50. The van der Waals surface area contributed by atoms with Crippen molar-refractivity contribution in [1.82, 2.24) is 10.2 Å². The lowest BCUT2D eigenvalue weighted by atomic mass is 9.86. The van der Waals surface area contributed by atoms with Crippen molar-refractivity contribution in [1.29, 1.82) is 0 Å². The molecule has 2 fully saturated rings. The fourth-order valence-corrected chi connectivity index (χ4v) is 2.37. The van der Waals surface area contributed by atoms with Crippen molar-refractivity contribution < 1.29 is 0 Å². The van der Waals surface area contributed by atoms with Crippen molar-refractivity contribution in [3.8, 4) is 0 Å². The van der Waals surface area contributed by atoms with Gasteiger partial charge in [0.15, 0.2) is 0 Å². The van der Waals surface area contributed by atoms with Gasteiger partial charge in [-0.15, -0.1) is 0 Å². The molecule has 1 saturated heterocycles. The zero-order chi connectivity index (χ0) is 8.60. The molecule has 1 N–H and O–H groups in total. The molecule has 0 spiro atoms. The molecule has 0 unspecified atom stereocenters. The monoisotopic (exact) mass is 168 g/mol. The lowest BCUT2D eigenvalue weighted by molar-refractivity contribution is 0.0110. The normalized spacial score (nSPS) is 31.5. The minimum Gasteiger partial charge on any atom is -0.314 e. The fourth-order valence-electron chi connectivity index (χ4n) is 2.37. The molecule has 0 bridgehead atoms. The third-order valence-electron chi connectivity index (χ3n) is 3.38. The van der Waals surface area contributed by atoms with Crippen LogP contribution < -0.4 is 5.32 Å². The van der Waals surface area contributed by atoms with Crippen molar-refractivity contribution in [3.05, 3.63) is 0 Å². The van der Waals surface area contributed by atoms with E-state index in [2.05, 4.69) is 24.1 Å². The molecule has 1 aliphatic carbocycles. The summed E-state index contributed by atoms with van der Waals surface area (Å²) in [5.41, 5.74) is 0.392. The highest BCUT2D eigenvalue weighted by Gasteiger charge is 2.36. The summed E-state index contributed by atoms with van der Waals surface area (Å²) in [6.07, 6.45) is 4.32. The summed E-state index contributed by atoms with van der Waals surface area (Å²) >= 11 is 0.